The van der Waals surface area contributed by atoms with E-state index in [9.17, 15) is 0 Å². The third-order valence-corrected chi connectivity index (χ3v) is 14.6. The molecule has 9 aromatic rings. The highest BCUT2D eigenvalue weighted by molar-refractivity contribution is 5.91. The number of hydrogen-bond donors (Lipinski definition) is 0. The van der Waals surface area contributed by atoms with E-state index in [2.05, 4.69) is 192 Å². The summed E-state index contributed by atoms with van der Waals surface area (Å²) in [7, 11) is 10.3. The summed E-state index contributed by atoms with van der Waals surface area (Å²) >= 11 is 0. The molecule has 0 N–H and O–H groups in total. The molecule has 0 unspecified atom stereocenters. The average molecular weight is 1010 g/mol. The largest absolute Gasteiger partial charge is 0.457 e. The molecule has 0 fully saturated rings. The highest BCUT2D eigenvalue weighted by Gasteiger charge is 2.32. The minimum atomic E-state index is -2.32. The lowest BCUT2D eigenvalue weighted by Crippen LogP contribution is -2.25. The van der Waals surface area contributed by atoms with E-state index in [1.54, 1.807) is 12.4 Å². The lowest BCUT2D eigenvalue weighted by molar-refractivity contribution is 0.482. The molecule has 0 aliphatic carbocycles. The fraction of sp³-hybridized carbons (Fsp3) is 0.161. The number of ether oxygens (including phenoxy) is 2. The molecule has 0 saturated heterocycles. The van der Waals surface area contributed by atoms with Gasteiger partial charge in [-0.2, -0.15) is 0 Å². The zero-order valence-electron chi connectivity index (χ0n) is 46.0. The van der Waals surface area contributed by atoms with Crippen molar-refractivity contribution >= 4 is 91.0 Å². The predicted octanol–water partition coefficient (Wildman–Crippen LogP) is 13.8. The highest BCUT2D eigenvalue weighted by atomic mass is 16.5. The maximum absolute atomic E-state index is 8.18. The number of para-hydroxylation sites is 4. The summed E-state index contributed by atoms with van der Waals surface area (Å²) in [5, 5.41) is 0. The Morgan fingerprint density at radius 2 is 0.750 bits per heavy atom. The maximum atomic E-state index is 8.18. The molecule has 0 atom stereocenters. The maximum Gasteiger partial charge on any atom is 0.131 e. The highest BCUT2D eigenvalue weighted by Crippen LogP contribution is 2.50. The summed E-state index contributed by atoms with van der Waals surface area (Å²) in [6.07, 6.45) is 7.04. The number of anilines is 16. The number of hydrogen-bond acceptors (Lipinski definition) is 14. The number of benzene rings is 7. The van der Waals surface area contributed by atoms with Crippen LogP contribution in [0.3, 0.4) is 0 Å². The Bertz CT molecular complexity index is 3770. The molecular formula is C62H58N12O2. The third-order valence-electron chi connectivity index (χ3n) is 14.6. The first-order valence-electron chi connectivity index (χ1n) is 26.8. The van der Waals surface area contributed by atoms with Crippen molar-refractivity contribution in [2.24, 2.45) is 0 Å². The first-order valence-corrected chi connectivity index (χ1v) is 25.3. The summed E-state index contributed by atoms with van der Waals surface area (Å²) < 4.78 is 38.0. The van der Waals surface area contributed by atoms with Crippen molar-refractivity contribution in [2.75, 3.05) is 118 Å². The normalized spacial score (nSPS) is 15.0. The van der Waals surface area contributed by atoms with Crippen LogP contribution in [0.5, 0.6) is 23.0 Å². The Morgan fingerprint density at radius 3 is 1.18 bits per heavy atom. The van der Waals surface area contributed by atoms with Crippen LogP contribution in [-0.2, 0) is 0 Å². The lowest BCUT2D eigenvalue weighted by atomic mass is 10.2. The number of pyridine rings is 2. The van der Waals surface area contributed by atoms with Gasteiger partial charge in [-0.25, -0.2) is 0 Å². The zero-order valence-corrected chi connectivity index (χ0v) is 43.0. The van der Waals surface area contributed by atoms with Gasteiger partial charge in [-0.3, -0.25) is 9.97 Å². The van der Waals surface area contributed by atoms with Crippen LogP contribution in [-0.4, -0.2) is 78.9 Å². The molecular weight excluding hydrogens is 945 g/mol. The van der Waals surface area contributed by atoms with E-state index in [1.165, 1.54) is 4.90 Å². The van der Waals surface area contributed by atoms with Gasteiger partial charge in [-0.05, 0) is 97.1 Å². The fourth-order valence-electron chi connectivity index (χ4n) is 10.7. The smallest absolute Gasteiger partial charge is 0.131 e. The van der Waals surface area contributed by atoms with E-state index >= 15 is 0 Å². The molecule has 0 saturated carbocycles. The summed E-state index contributed by atoms with van der Waals surface area (Å²) in [4.78, 5) is 30.0. The quantitative estimate of drug-likeness (QED) is 0.117. The summed E-state index contributed by atoms with van der Waals surface area (Å²) in [6.45, 7) is -0.259. The van der Waals surface area contributed by atoms with Gasteiger partial charge in [0.1, 0.15) is 36.3 Å². The first kappa shape index (κ1) is 42.9. The van der Waals surface area contributed by atoms with Crippen LogP contribution in [0.2, 0.25) is 0 Å². The monoisotopic (exact) mass is 1010 g/mol. The van der Waals surface area contributed by atoms with Crippen molar-refractivity contribution in [3.63, 3.8) is 0 Å². The van der Waals surface area contributed by atoms with Gasteiger partial charge in [0, 0.05) is 141 Å². The second-order valence-corrected chi connectivity index (χ2v) is 19.8. The van der Waals surface area contributed by atoms with Gasteiger partial charge in [-0.1, -0.05) is 36.4 Å². The van der Waals surface area contributed by atoms with Crippen molar-refractivity contribution in [3.05, 3.63) is 195 Å². The number of nitrogens with zero attached hydrogens (tertiary/aromatic N) is 12. The summed E-state index contributed by atoms with van der Waals surface area (Å²) in [6, 6.07) is 58.7. The summed E-state index contributed by atoms with van der Waals surface area (Å²) in [5.74, 6) is 2.81. The lowest BCUT2D eigenvalue weighted by Gasteiger charge is -2.26. The molecule has 14 heteroatoms. The van der Waals surface area contributed by atoms with E-state index in [1.807, 2.05) is 79.9 Å². The molecule has 14 nitrogen and oxygen atoms in total. The van der Waals surface area contributed by atoms with Crippen molar-refractivity contribution in [3.8, 4) is 23.0 Å². The number of aromatic nitrogens is 2. The third kappa shape index (κ3) is 8.33. The van der Waals surface area contributed by atoms with Gasteiger partial charge in [0.25, 0.3) is 0 Å². The van der Waals surface area contributed by atoms with Crippen LogP contribution in [0.25, 0.3) is 0 Å². The molecule has 13 rings (SSSR count). The average Bonchev–Trinajstić information content (AvgIpc) is 4.30. The molecule has 0 bridgehead atoms. The molecule has 6 heterocycles. The fourth-order valence-corrected chi connectivity index (χ4v) is 10.7. The molecule has 0 radical (unpaired) electrons. The Hall–Kier alpha value is -9.56. The van der Waals surface area contributed by atoms with Gasteiger partial charge >= 0.3 is 0 Å². The van der Waals surface area contributed by atoms with Crippen LogP contribution in [0.4, 0.5) is 91.0 Å². The number of rotatable bonds is 12. The van der Waals surface area contributed by atoms with Crippen molar-refractivity contribution < 1.29 is 13.6 Å². The van der Waals surface area contributed by atoms with E-state index in [0.717, 1.165) is 103 Å². The standard InChI is InChI=1S/C62H58N12O2/c1-65(2)47-29-49(35-53(33-47)75-51-15-11-13-45(31-51)69-39-67(5)61-37-63-27-25-59(61)69)73-41-71(55-17-7-9-19-57(55)73)43-21-23-44(24-22-43)72-42-74(58-20-10-8-18-56(58)72)50-30-48(66(3)4)34-54(36-50)76-52-16-12-14-46(32-52)70-40-68(6)62-38-64-28-26-60(62)70/h7-38H,39-42H2,1-6H3/i5D3. The Balaban J connectivity index is 0.750. The minimum Gasteiger partial charge on any atom is -0.457 e. The van der Waals surface area contributed by atoms with E-state index in [0.29, 0.717) is 30.5 Å². The topological polar surface area (TPSA) is 76.6 Å². The van der Waals surface area contributed by atoms with E-state index < -0.39 is 6.98 Å². The molecule has 378 valence electrons. The van der Waals surface area contributed by atoms with Crippen molar-refractivity contribution in [1.82, 2.24) is 9.97 Å². The molecule has 0 amide bonds. The second kappa shape index (κ2) is 18.7. The second-order valence-electron chi connectivity index (χ2n) is 19.8. The summed E-state index contributed by atoms with van der Waals surface area (Å²) in [5.41, 5.74) is 16.0. The SMILES string of the molecule is [2H]C([2H])([2H])N1CN(c2cccc(Oc3cc(N(C)C)cc(N4CN(c5ccc(N6CN(c7cc(Oc8cccc(N9CN(C)c%10cnccc%109)c8)cc(N(C)C)c7)c7ccccc76)cc5)c5ccccc54)c3)c2)c2ccncc21. The number of fused-ring (bicyclic) bond motifs is 4. The Morgan fingerprint density at radius 1 is 0.368 bits per heavy atom. The molecule has 7 aromatic carbocycles. The molecule has 4 aliphatic heterocycles. The Labute approximate surface area is 448 Å². The van der Waals surface area contributed by atoms with Gasteiger partial charge < -0.3 is 58.5 Å². The van der Waals surface area contributed by atoms with Crippen molar-refractivity contribution in [1.29, 1.82) is 0 Å². The minimum absolute atomic E-state index is 0.160. The van der Waals surface area contributed by atoms with Crippen LogP contribution >= 0.6 is 0 Å². The van der Waals surface area contributed by atoms with E-state index in [-0.39, 0.29) is 6.67 Å². The molecule has 0 spiro atoms. The van der Waals surface area contributed by atoms with Crippen LogP contribution in [0.15, 0.2) is 195 Å². The molecule has 76 heavy (non-hydrogen) atoms. The molecule has 4 aliphatic rings. The van der Waals surface area contributed by atoms with Gasteiger partial charge in [0.2, 0.25) is 0 Å². The van der Waals surface area contributed by atoms with Crippen LogP contribution < -0.4 is 58.5 Å². The molecule has 2 aromatic heterocycles. The van der Waals surface area contributed by atoms with Gasteiger partial charge in [-0.15, -0.1) is 0 Å². The van der Waals surface area contributed by atoms with Gasteiger partial charge in [0.05, 0.1) is 71.2 Å². The van der Waals surface area contributed by atoms with Crippen LogP contribution in [0, 0.1) is 0 Å². The van der Waals surface area contributed by atoms with Crippen LogP contribution in [0.1, 0.15) is 4.11 Å². The zero-order chi connectivity index (χ0) is 54.1. The van der Waals surface area contributed by atoms with E-state index in [4.69, 9.17) is 13.6 Å². The predicted molar refractivity (Wildman–Crippen MR) is 311 cm³/mol. The Kier molecular flexibility index (Phi) is 10.6. The van der Waals surface area contributed by atoms with Crippen molar-refractivity contribution in [2.45, 2.75) is 0 Å². The first-order chi connectivity index (χ1) is 38.3. The van der Waals surface area contributed by atoms with Gasteiger partial charge in [0.15, 0.2) is 0 Å².